The minimum Gasteiger partial charge on any atom is -0.362 e. The Morgan fingerprint density at radius 3 is 2.29 bits per heavy atom. The van der Waals surface area contributed by atoms with Gasteiger partial charge in [-0.3, -0.25) is 14.3 Å². The van der Waals surface area contributed by atoms with Crippen LogP contribution in [-0.4, -0.2) is 28.6 Å². The minimum absolute atomic E-state index is 0.0954. The summed E-state index contributed by atoms with van der Waals surface area (Å²) in [5, 5.41) is 0. The molecule has 3 aromatic heterocycles. The van der Waals surface area contributed by atoms with Gasteiger partial charge in [0.05, 0.1) is 11.3 Å². The summed E-state index contributed by atoms with van der Waals surface area (Å²) < 4.78 is 1.67. The minimum atomic E-state index is -0.0954. The van der Waals surface area contributed by atoms with Crippen molar-refractivity contribution in [2.75, 3.05) is 19.0 Å². The van der Waals surface area contributed by atoms with Gasteiger partial charge in [-0.25, -0.2) is 4.98 Å². The van der Waals surface area contributed by atoms with Crippen LogP contribution in [0.3, 0.4) is 0 Å². The smallest absolute Gasteiger partial charge is 0.263 e. The number of para-hydroxylation sites is 1. The van der Waals surface area contributed by atoms with E-state index in [0.717, 1.165) is 28.3 Å². The fourth-order valence-electron chi connectivity index (χ4n) is 3.19. The number of nitrogens with zero attached hydrogens (tertiary/aromatic N) is 4. The Kier molecular flexibility index (Phi) is 4.72. The van der Waals surface area contributed by atoms with Crippen LogP contribution in [0.2, 0.25) is 0 Å². The molecule has 0 fully saturated rings. The van der Waals surface area contributed by atoms with Crippen LogP contribution < -0.4 is 10.5 Å². The highest BCUT2D eigenvalue weighted by molar-refractivity contribution is 5.78. The average molecular weight is 368 g/mol. The van der Waals surface area contributed by atoms with Crippen LogP contribution in [0.5, 0.6) is 0 Å². The molecule has 0 atom stereocenters. The molecule has 1 aromatic carbocycles. The van der Waals surface area contributed by atoms with Crippen LogP contribution in [0.1, 0.15) is 0 Å². The third-order valence-corrected chi connectivity index (χ3v) is 4.51. The highest BCUT2D eigenvalue weighted by atomic mass is 16.1. The van der Waals surface area contributed by atoms with E-state index < -0.39 is 0 Å². The van der Waals surface area contributed by atoms with Crippen molar-refractivity contribution in [3.63, 3.8) is 0 Å². The molecule has 0 amide bonds. The number of hydrogen-bond acceptors (Lipinski definition) is 4. The maximum absolute atomic E-state index is 13.4. The van der Waals surface area contributed by atoms with Crippen molar-refractivity contribution < 1.29 is 0 Å². The third kappa shape index (κ3) is 3.30. The third-order valence-electron chi connectivity index (χ3n) is 4.51. The van der Waals surface area contributed by atoms with E-state index >= 15 is 0 Å². The van der Waals surface area contributed by atoms with E-state index in [1.165, 1.54) is 0 Å². The van der Waals surface area contributed by atoms with E-state index in [0.29, 0.717) is 5.56 Å². The molecule has 0 N–H and O–H groups in total. The predicted octanol–water partition coefficient (Wildman–Crippen LogP) is 4.03. The van der Waals surface area contributed by atoms with Crippen LogP contribution in [0.4, 0.5) is 5.82 Å². The Labute approximate surface area is 163 Å². The zero-order valence-electron chi connectivity index (χ0n) is 15.8. The van der Waals surface area contributed by atoms with Gasteiger partial charge in [0.2, 0.25) is 0 Å². The standard InChI is InChI=1S/C23H20N4O/c1-26(2)22-19(11-8-14-25-22)20-15-17(21-12-6-7-13-24-21)16-27(23(20)28)18-9-4-3-5-10-18/h3-16H,1-2H3. The number of rotatable bonds is 4. The molecule has 28 heavy (non-hydrogen) atoms. The van der Waals surface area contributed by atoms with Crippen molar-refractivity contribution in [1.82, 2.24) is 14.5 Å². The highest BCUT2D eigenvalue weighted by Crippen LogP contribution is 2.28. The quantitative estimate of drug-likeness (QED) is 0.546. The van der Waals surface area contributed by atoms with E-state index in [1.54, 1.807) is 17.0 Å². The van der Waals surface area contributed by atoms with Gasteiger partial charge in [-0.15, -0.1) is 0 Å². The SMILES string of the molecule is CN(C)c1ncccc1-c1cc(-c2ccccn2)cn(-c2ccccc2)c1=O. The predicted molar refractivity (Wildman–Crippen MR) is 113 cm³/mol. The normalized spacial score (nSPS) is 10.6. The number of benzene rings is 1. The fraction of sp³-hybridized carbons (Fsp3) is 0.0870. The maximum Gasteiger partial charge on any atom is 0.263 e. The van der Waals surface area contributed by atoms with Crippen LogP contribution in [0.25, 0.3) is 28.1 Å². The lowest BCUT2D eigenvalue weighted by Gasteiger charge is -2.17. The Bertz CT molecular complexity index is 1150. The summed E-state index contributed by atoms with van der Waals surface area (Å²) in [7, 11) is 3.84. The molecule has 0 unspecified atom stereocenters. The first-order valence-electron chi connectivity index (χ1n) is 9.01. The second kappa shape index (κ2) is 7.48. The molecule has 0 aliphatic rings. The topological polar surface area (TPSA) is 51.0 Å². The molecule has 0 radical (unpaired) electrons. The van der Waals surface area contributed by atoms with E-state index in [4.69, 9.17) is 0 Å². The monoisotopic (exact) mass is 368 g/mol. The van der Waals surface area contributed by atoms with Gasteiger partial charge in [0, 0.05) is 49.5 Å². The molecule has 138 valence electrons. The average Bonchev–Trinajstić information content (AvgIpc) is 2.75. The lowest BCUT2D eigenvalue weighted by Crippen LogP contribution is -2.21. The first kappa shape index (κ1) is 17.7. The molecule has 5 nitrogen and oxygen atoms in total. The number of anilines is 1. The van der Waals surface area contributed by atoms with Crippen LogP contribution in [0.15, 0.2) is 90.1 Å². The van der Waals surface area contributed by atoms with Crippen LogP contribution >= 0.6 is 0 Å². The number of pyridine rings is 3. The lowest BCUT2D eigenvalue weighted by atomic mass is 10.0. The highest BCUT2D eigenvalue weighted by Gasteiger charge is 2.16. The molecule has 0 spiro atoms. The molecule has 3 heterocycles. The molecule has 4 aromatic rings. The molecule has 0 aliphatic carbocycles. The summed E-state index contributed by atoms with van der Waals surface area (Å²) in [4.78, 5) is 24.3. The molecule has 0 saturated heterocycles. The van der Waals surface area contributed by atoms with Gasteiger partial charge >= 0.3 is 0 Å². The van der Waals surface area contributed by atoms with Gasteiger partial charge in [-0.2, -0.15) is 0 Å². The summed E-state index contributed by atoms with van der Waals surface area (Å²) in [6.45, 7) is 0. The first-order valence-corrected chi connectivity index (χ1v) is 9.01. The first-order chi connectivity index (χ1) is 13.6. The summed E-state index contributed by atoms with van der Waals surface area (Å²) in [5.41, 5.74) is 3.77. The number of aromatic nitrogens is 3. The molecule has 4 rings (SSSR count). The molecule has 0 bridgehead atoms. The molecule has 0 aliphatic heterocycles. The summed E-state index contributed by atoms with van der Waals surface area (Å²) in [6, 6.07) is 21.0. The van der Waals surface area contributed by atoms with Crippen molar-refractivity contribution in [1.29, 1.82) is 0 Å². The largest absolute Gasteiger partial charge is 0.362 e. The Morgan fingerprint density at radius 1 is 0.821 bits per heavy atom. The second-order valence-corrected chi connectivity index (χ2v) is 6.64. The molecule has 0 saturated carbocycles. The van der Waals surface area contributed by atoms with Gasteiger partial charge in [-0.05, 0) is 42.5 Å². The zero-order valence-corrected chi connectivity index (χ0v) is 15.8. The van der Waals surface area contributed by atoms with E-state index in [-0.39, 0.29) is 5.56 Å². The zero-order chi connectivity index (χ0) is 19.5. The van der Waals surface area contributed by atoms with Gasteiger partial charge in [0.15, 0.2) is 0 Å². The summed E-state index contributed by atoms with van der Waals surface area (Å²) in [5.74, 6) is 0.748. The van der Waals surface area contributed by atoms with Gasteiger partial charge in [-0.1, -0.05) is 24.3 Å². The van der Waals surface area contributed by atoms with Gasteiger partial charge in [0.25, 0.3) is 5.56 Å². The van der Waals surface area contributed by atoms with Crippen molar-refractivity contribution in [3.8, 4) is 28.1 Å². The van der Waals surface area contributed by atoms with E-state index in [2.05, 4.69) is 9.97 Å². The summed E-state index contributed by atoms with van der Waals surface area (Å²) in [6.07, 6.45) is 5.33. The Balaban J connectivity index is 2.03. The van der Waals surface area contributed by atoms with Crippen molar-refractivity contribution in [3.05, 3.63) is 95.7 Å². The molecular formula is C23H20N4O. The van der Waals surface area contributed by atoms with E-state index in [1.807, 2.05) is 91.9 Å². The second-order valence-electron chi connectivity index (χ2n) is 6.64. The van der Waals surface area contributed by atoms with Gasteiger partial charge in [0.1, 0.15) is 5.82 Å². The van der Waals surface area contributed by atoms with Crippen LogP contribution in [0, 0.1) is 0 Å². The van der Waals surface area contributed by atoms with E-state index in [9.17, 15) is 4.79 Å². The maximum atomic E-state index is 13.4. The Hall–Kier alpha value is -3.73. The fourth-order valence-corrected chi connectivity index (χ4v) is 3.19. The lowest BCUT2D eigenvalue weighted by molar-refractivity contribution is 0.990. The molecule has 5 heteroatoms. The Morgan fingerprint density at radius 2 is 1.57 bits per heavy atom. The van der Waals surface area contributed by atoms with Crippen LogP contribution in [-0.2, 0) is 0 Å². The van der Waals surface area contributed by atoms with Crippen molar-refractivity contribution >= 4 is 5.82 Å². The van der Waals surface area contributed by atoms with Crippen molar-refractivity contribution in [2.24, 2.45) is 0 Å². The summed E-state index contributed by atoms with van der Waals surface area (Å²) >= 11 is 0. The molecular weight excluding hydrogens is 348 g/mol. The van der Waals surface area contributed by atoms with Gasteiger partial charge < -0.3 is 4.90 Å². The number of hydrogen-bond donors (Lipinski definition) is 0. The van der Waals surface area contributed by atoms with Crippen molar-refractivity contribution in [2.45, 2.75) is 0 Å².